The number of ether oxygens (including phenoxy) is 1. The van der Waals surface area contributed by atoms with Gasteiger partial charge in [0.15, 0.2) is 5.82 Å². The number of nitrogens with one attached hydrogen (secondary N) is 2. The number of benzene rings is 1. The van der Waals surface area contributed by atoms with Gasteiger partial charge in [-0.3, -0.25) is 0 Å². The zero-order valence-corrected chi connectivity index (χ0v) is 15.1. The van der Waals surface area contributed by atoms with Crippen molar-refractivity contribution in [2.75, 3.05) is 18.5 Å². The number of halogens is 2. The zero-order valence-electron chi connectivity index (χ0n) is 15.1. The van der Waals surface area contributed by atoms with Gasteiger partial charge in [0.05, 0.1) is 17.1 Å². The first kappa shape index (κ1) is 18.2. The number of rotatable bonds is 5. The first-order chi connectivity index (χ1) is 13.1. The van der Waals surface area contributed by atoms with E-state index in [4.69, 9.17) is 4.74 Å². The molecular formula is C19H24F2N4O2. The maximum absolute atomic E-state index is 13.0. The molecule has 146 valence electrons. The second-order valence-corrected chi connectivity index (χ2v) is 7.31. The number of amides is 2. The summed E-state index contributed by atoms with van der Waals surface area (Å²) >= 11 is 0. The Labute approximate surface area is 156 Å². The predicted octanol–water partition coefficient (Wildman–Crippen LogP) is 4.46. The van der Waals surface area contributed by atoms with E-state index in [0.717, 1.165) is 45.1 Å². The fourth-order valence-corrected chi connectivity index (χ4v) is 4.03. The SMILES string of the molecule is O=C(Nc1ccc2nc(C(F)F)[nH]c2c1)N(CC1CCCO1)C1CCCC1. The van der Waals surface area contributed by atoms with Crippen molar-refractivity contribution in [2.24, 2.45) is 0 Å². The molecule has 6 nitrogen and oxygen atoms in total. The van der Waals surface area contributed by atoms with Crippen LogP contribution in [0.25, 0.3) is 11.0 Å². The largest absolute Gasteiger partial charge is 0.376 e. The summed E-state index contributed by atoms with van der Waals surface area (Å²) in [6.07, 6.45) is 3.75. The summed E-state index contributed by atoms with van der Waals surface area (Å²) in [6.45, 7) is 1.35. The van der Waals surface area contributed by atoms with Gasteiger partial charge in [-0.2, -0.15) is 0 Å². The maximum atomic E-state index is 13.0. The van der Waals surface area contributed by atoms with E-state index < -0.39 is 6.43 Å². The van der Waals surface area contributed by atoms with E-state index in [1.165, 1.54) is 0 Å². The highest BCUT2D eigenvalue weighted by Crippen LogP contribution is 2.27. The molecule has 27 heavy (non-hydrogen) atoms. The average molecular weight is 378 g/mol. The second-order valence-electron chi connectivity index (χ2n) is 7.31. The third-order valence-corrected chi connectivity index (χ3v) is 5.41. The van der Waals surface area contributed by atoms with E-state index >= 15 is 0 Å². The first-order valence-corrected chi connectivity index (χ1v) is 9.57. The fraction of sp³-hybridized carbons (Fsp3) is 0.579. The molecule has 1 unspecified atom stereocenters. The van der Waals surface area contributed by atoms with Crippen LogP contribution in [-0.2, 0) is 4.74 Å². The molecule has 2 aliphatic rings. The Morgan fingerprint density at radius 2 is 2.11 bits per heavy atom. The quantitative estimate of drug-likeness (QED) is 0.807. The first-order valence-electron chi connectivity index (χ1n) is 9.57. The van der Waals surface area contributed by atoms with Crippen molar-refractivity contribution in [3.8, 4) is 0 Å². The van der Waals surface area contributed by atoms with Gasteiger partial charge in [0.2, 0.25) is 0 Å². The van der Waals surface area contributed by atoms with Crippen LogP contribution < -0.4 is 5.32 Å². The Morgan fingerprint density at radius 3 is 2.81 bits per heavy atom. The molecule has 2 amide bonds. The van der Waals surface area contributed by atoms with Gasteiger partial charge in [-0.1, -0.05) is 12.8 Å². The minimum atomic E-state index is -2.65. The molecule has 1 aliphatic heterocycles. The van der Waals surface area contributed by atoms with Crippen molar-refractivity contribution < 1.29 is 18.3 Å². The Kier molecular flexibility index (Phi) is 5.24. The van der Waals surface area contributed by atoms with Gasteiger partial charge < -0.3 is 19.9 Å². The molecule has 2 N–H and O–H groups in total. The highest BCUT2D eigenvalue weighted by Gasteiger charge is 2.30. The van der Waals surface area contributed by atoms with E-state index in [2.05, 4.69) is 15.3 Å². The molecule has 8 heteroatoms. The minimum absolute atomic E-state index is 0.0973. The second kappa shape index (κ2) is 7.80. The maximum Gasteiger partial charge on any atom is 0.322 e. The van der Waals surface area contributed by atoms with Crippen molar-refractivity contribution in [1.82, 2.24) is 14.9 Å². The van der Waals surface area contributed by atoms with Crippen LogP contribution in [0.4, 0.5) is 19.3 Å². The van der Waals surface area contributed by atoms with Crippen LogP contribution in [0.2, 0.25) is 0 Å². The summed E-state index contributed by atoms with van der Waals surface area (Å²) in [5.74, 6) is -0.362. The van der Waals surface area contributed by atoms with Crippen molar-refractivity contribution in [3.63, 3.8) is 0 Å². The van der Waals surface area contributed by atoms with Crippen LogP contribution in [0.3, 0.4) is 0 Å². The standard InChI is InChI=1S/C19H24F2N4O2/c20-17(21)18-23-15-8-7-12(10-16(15)24-18)22-19(26)25(13-4-1-2-5-13)11-14-6-3-9-27-14/h7-8,10,13-14,17H,1-6,9,11H2,(H,22,26)(H,23,24). The van der Waals surface area contributed by atoms with Crippen LogP contribution in [0.1, 0.15) is 50.8 Å². The van der Waals surface area contributed by atoms with E-state index in [-0.39, 0.29) is 24.0 Å². The molecule has 1 aliphatic carbocycles. The van der Waals surface area contributed by atoms with Crippen molar-refractivity contribution in [3.05, 3.63) is 24.0 Å². The van der Waals surface area contributed by atoms with Gasteiger partial charge in [0.1, 0.15) is 0 Å². The lowest BCUT2D eigenvalue weighted by atomic mass is 10.1. The number of anilines is 1. The van der Waals surface area contributed by atoms with E-state index in [9.17, 15) is 13.6 Å². The highest BCUT2D eigenvalue weighted by atomic mass is 19.3. The summed E-state index contributed by atoms with van der Waals surface area (Å²) < 4.78 is 31.3. The number of urea groups is 1. The van der Waals surface area contributed by atoms with Gasteiger partial charge in [0, 0.05) is 24.9 Å². The third kappa shape index (κ3) is 4.05. The summed E-state index contributed by atoms with van der Waals surface area (Å²) in [4.78, 5) is 21.3. The number of hydrogen-bond acceptors (Lipinski definition) is 3. The Hall–Kier alpha value is -2.22. The number of aromatic amines is 1. The topological polar surface area (TPSA) is 70.2 Å². The number of H-pyrrole nitrogens is 1. The number of carbonyl (C=O) groups is 1. The molecule has 1 atom stereocenters. The smallest absolute Gasteiger partial charge is 0.322 e. The number of fused-ring (bicyclic) bond motifs is 1. The summed E-state index contributed by atoms with van der Waals surface area (Å²) in [5, 5.41) is 2.92. The van der Waals surface area contributed by atoms with Gasteiger partial charge >= 0.3 is 6.03 Å². The van der Waals surface area contributed by atoms with Crippen LogP contribution in [-0.4, -0.2) is 46.2 Å². The molecule has 0 bridgehead atoms. The molecule has 2 heterocycles. The lowest BCUT2D eigenvalue weighted by molar-refractivity contribution is 0.0729. The predicted molar refractivity (Wildman–Crippen MR) is 98.0 cm³/mol. The monoisotopic (exact) mass is 378 g/mol. The lowest BCUT2D eigenvalue weighted by Gasteiger charge is -2.31. The van der Waals surface area contributed by atoms with Crippen molar-refractivity contribution >= 4 is 22.8 Å². The van der Waals surface area contributed by atoms with E-state index in [1.807, 2.05) is 4.90 Å². The Balaban J connectivity index is 1.49. The van der Waals surface area contributed by atoms with E-state index in [1.54, 1.807) is 18.2 Å². The normalized spacial score (nSPS) is 20.6. The Morgan fingerprint density at radius 1 is 1.30 bits per heavy atom. The lowest BCUT2D eigenvalue weighted by Crippen LogP contribution is -2.45. The molecule has 1 saturated carbocycles. The van der Waals surface area contributed by atoms with Gasteiger partial charge in [0.25, 0.3) is 6.43 Å². The summed E-state index contributed by atoms with van der Waals surface area (Å²) in [7, 11) is 0. The summed E-state index contributed by atoms with van der Waals surface area (Å²) in [6, 6.07) is 5.04. The number of alkyl halides is 2. The van der Waals surface area contributed by atoms with Crippen LogP contribution in [0, 0.1) is 0 Å². The molecule has 1 aromatic heterocycles. The fourth-order valence-electron chi connectivity index (χ4n) is 4.03. The molecular weight excluding hydrogens is 354 g/mol. The van der Waals surface area contributed by atoms with Crippen LogP contribution in [0.5, 0.6) is 0 Å². The average Bonchev–Trinajstić information content (AvgIpc) is 3.39. The molecule has 2 aromatic rings. The molecule has 1 aromatic carbocycles. The van der Waals surface area contributed by atoms with Crippen LogP contribution in [0.15, 0.2) is 18.2 Å². The number of nitrogens with zero attached hydrogens (tertiary/aromatic N) is 2. The van der Waals surface area contributed by atoms with Crippen molar-refractivity contribution in [2.45, 2.75) is 57.1 Å². The number of imidazole rings is 1. The van der Waals surface area contributed by atoms with Gasteiger partial charge in [-0.05, 0) is 43.9 Å². The molecule has 0 radical (unpaired) electrons. The number of hydrogen-bond donors (Lipinski definition) is 2. The molecule has 4 rings (SSSR count). The molecule has 1 saturated heterocycles. The van der Waals surface area contributed by atoms with E-state index in [0.29, 0.717) is 23.3 Å². The highest BCUT2D eigenvalue weighted by molar-refractivity contribution is 5.92. The zero-order chi connectivity index (χ0) is 18.8. The van der Waals surface area contributed by atoms with Crippen molar-refractivity contribution in [1.29, 1.82) is 0 Å². The molecule has 2 fully saturated rings. The minimum Gasteiger partial charge on any atom is -0.376 e. The van der Waals surface area contributed by atoms with Gasteiger partial charge in [-0.15, -0.1) is 0 Å². The van der Waals surface area contributed by atoms with Gasteiger partial charge in [-0.25, -0.2) is 18.6 Å². The molecule has 0 spiro atoms. The Bertz CT molecular complexity index is 798. The third-order valence-electron chi connectivity index (χ3n) is 5.41. The van der Waals surface area contributed by atoms with Crippen LogP contribution >= 0.6 is 0 Å². The number of aromatic nitrogens is 2. The summed E-state index contributed by atoms with van der Waals surface area (Å²) in [5.41, 5.74) is 1.50. The number of carbonyl (C=O) groups excluding carboxylic acids is 1.